The molecule has 3 N–H and O–H groups in total. The van der Waals surface area contributed by atoms with Crippen LogP contribution in [0.15, 0.2) is 22.7 Å². The van der Waals surface area contributed by atoms with Crippen LogP contribution in [-0.4, -0.2) is 18.3 Å². The summed E-state index contributed by atoms with van der Waals surface area (Å²) < 4.78 is 41.2. The van der Waals surface area contributed by atoms with Gasteiger partial charge in [-0.1, -0.05) is 29.8 Å². The van der Waals surface area contributed by atoms with Crippen molar-refractivity contribution in [2.24, 2.45) is 11.7 Å². The quantitative estimate of drug-likeness (QED) is 0.871. The molecular weight excluding hydrogens is 341 g/mol. The van der Waals surface area contributed by atoms with Gasteiger partial charge in [-0.2, -0.15) is 0 Å². The zero-order valence-corrected chi connectivity index (χ0v) is 12.4. The van der Waals surface area contributed by atoms with Crippen molar-refractivity contribution in [1.82, 2.24) is 0 Å². The smallest absolute Gasteiger partial charge is 0.404 e. The number of hydrogen-bond acceptors (Lipinski definition) is 3. The average molecular weight is 355 g/mol. The van der Waals surface area contributed by atoms with Crippen molar-refractivity contribution in [3.63, 3.8) is 0 Å². The normalized spacial score (nSPS) is 13.2. The van der Waals surface area contributed by atoms with Gasteiger partial charge in [0.15, 0.2) is 5.75 Å². The van der Waals surface area contributed by atoms with Crippen LogP contribution in [0.4, 0.5) is 18.9 Å². The Morgan fingerprint density at radius 1 is 1.40 bits per heavy atom. The number of rotatable bonds is 4. The Hall–Kier alpha value is -1.28. The van der Waals surface area contributed by atoms with Crippen LogP contribution in [0.1, 0.15) is 13.8 Å². The lowest BCUT2D eigenvalue weighted by Gasteiger charge is -2.18. The third kappa shape index (κ3) is 5.01. The van der Waals surface area contributed by atoms with Crippen molar-refractivity contribution in [1.29, 1.82) is 0 Å². The first-order valence-corrected chi connectivity index (χ1v) is 6.51. The SMILES string of the molecule is CC(C)[C@H](N)C(=O)Nc1ccc(Br)cc1OC(F)(F)F. The predicted octanol–water partition coefficient (Wildman–Crippen LogP) is 3.27. The molecule has 0 fully saturated rings. The number of ether oxygens (including phenoxy) is 1. The van der Waals surface area contributed by atoms with E-state index in [0.29, 0.717) is 4.47 Å². The van der Waals surface area contributed by atoms with E-state index in [1.165, 1.54) is 12.1 Å². The maximum Gasteiger partial charge on any atom is 0.573 e. The van der Waals surface area contributed by atoms with E-state index in [2.05, 4.69) is 26.0 Å². The molecule has 0 aliphatic carbocycles. The summed E-state index contributed by atoms with van der Waals surface area (Å²) >= 11 is 3.04. The van der Waals surface area contributed by atoms with Crippen molar-refractivity contribution in [2.45, 2.75) is 26.3 Å². The zero-order chi connectivity index (χ0) is 15.5. The van der Waals surface area contributed by atoms with Crippen LogP contribution in [0.5, 0.6) is 5.75 Å². The van der Waals surface area contributed by atoms with Gasteiger partial charge in [0.05, 0.1) is 11.7 Å². The first kappa shape index (κ1) is 16.8. The van der Waals surface area contributed by atoms with E-state index in [-0.39, 0.29) is 11.6 Å². The fourth-order valence-corrected chi connectivity index (χ4v) is 1.67. The Kier molecular flexibility index (Phi) is 5.41. The molecule has 8 heteroatoms. The predicted molar refractivity (Wildman–Crippen MR) is 72.3 cm³/mol. The number of anilines is 1. The van der Waals surface area contributed by atoms with Crippen LogP contribution in [0, 0.1) is 5.92 Å². The minimum absolute atomic E-state index is 0.0911. The Labute approximate surface area is 122 Å². The summed E-state index contributed by atoms with van der Waals surface area (Å²) in [7, 11) is 0. The molecule has 0 saturated carbocycles. The molecule has 0 spiro atoms. The van der Waals surface area contributed by atoms with E-state index in [1.54, 1.807) is 13.8 Å². The number of amides is 1. The molecule has 0 aliphatic rings. The molecule has 0 saturated heterocycles. The van der Waals surface area contributed by atoms with Crippen molar-refractivity contribution in [3.8, 4) is 5.75 Å². The van der Waals surface area contributed by atoms with Gasteiger partial charge < -0.3 is 15.8 Å². The molecule has 1 rings (SSSR count). The number of benzene rings is 1. The summed E-state index contributed by atoms with van der Waals surface area (Å²) in [5.74, 6) is -1.22. The Bertz CT molecular complexity index is 492. The second-order valence-electron chi connectivity index (χ2n) is 4.45. The largest absolute Gasteiger partial charge is 0.573 e. The van der Waals surface area contributed by atoms with Crippen LogP contribution >= 0.6 is 15.9 Å². The fourth-order valence-electron chi connectivity index (χ4n) is 1.33. The standard InChI is InChI=1S/C12H14BrF3N2O2/c1-6(2)10(17)11(19)18-8-4-3-7(13)5-9(8)20-12(14,15)16/h3-6,10H,17H2,1-2H3,(H,18,19)/t10-/m0/s1. The summed E-state index contributed by atoms with van der Waals surface area (Å²) in [6.45, 7) is 3.47. The lowest BCUT2D eigenvalue weighted by Crippen LogP contribution is -2.39. The van der Waals surface area contributed by atoms with Gasteiger partial charge in [-0.15, -0.1) is 13.2 Å². The minimum atomic E-state index is -4.85. The highest BCUT2D eigenvalue weighted by molar-refractivity contribution is 9.10. The van der Waals surface area contributed by atoms with Gasteiger partial charge in [-0.3, -0.25) is 4.79 Å². The molecule has 112 valence electrons. The van der Waals surface area contributed by atoms with E-state index in [0.717, 1.165) is 6.07 Å². The second kappa shape index (κ2) is 6.45. The molecule has 4 nitrogen and oxygen atoms in total. The molecule has 0 unspecified atom stereocenters. The maximum atomic E-state index is 12.3. The Morgan fingerprint density at radius 2 is 2.00 bits per heavy atom. The van der Waals surface area contributed by atoms with Gasteiger partial charge in [0.1, 0.15) is 0 Å². The lowest BCUT2D eigenvalue weighted by atomic mass is 10.0. The van der Waals surface area contributed by atoms with Crippen molar-refractivity contribution < 1.29 is 22.7 Å². The second-order valence-corrected chi connectivity index (χ2v) is 5.36. The van der Waals surface area contributed by atoms with Crippen LogP contribution in [0.3, 0.4) is 0 Å². The van der Waals surface area contributed by atoms with Gasteiger partial charge >= 0.3 is 6.36 Å². The van der Waals surface area contributed by atoms with Crippen LogP contribution in [-0.2, 0) is 4.79 Å². The summed E-state index contributed by atoms with van der Waals surface area (Å²) in [6, 6.07) is 3.08. The van der Waals surface area contributed by atoms with Crippen LogP contribution in [0.25, 0.3) is 0 Å². The maximum absolute atomic E-state index is 12.3. The molecule has 1 atom stereocenters. The van der Waals surface area contributed by atoms with E-state index in [9.17, 15) is 18.0 Å². The molecule has 0 heterocycles. The molecule has 1 aromatic rings. The summed E-state index contributed by atoms with van der Waals surface area (Å²) in [4.78, 5) is 11.8. The monoisotopic (exact) mass is 354 g/mol. The Morgan fingerprint density at radius 3 is 2.50 bits per heavy atom. The van der Waals surface area contributed by atoms with E-state index in [1.807, 2.05) is 0 Å². The first-order valence-electron chi connectivity index (χ1n) is 5.72. The third-order valence-electron chi connectivity index (χ3n) is 2.45. The van der Waals surface area contributed by atoms with E-state index < -0.39 is 24.1 Å². The zero-order valence-electron chi connectivity index (χ0n) is 10.8. The number of hydrogen-bond donors (Lipinski definition) is 2. The molecule has 1 amide bonds. The number of carbonyl (C=O) groups is 1. The van der Waals surface area contributed by atoms with Gasteiger partial charge in [0.2, 0.25) is 5.91 Å². The molecule has 1 aromatic carbocycles. The van der Waals surface area contributed by atoms with Crippen molar-refractivity contribution in [2.75, 3.05) is 5.32 Å². The van der Waals surface area contributed by atoms with Gasteiger partial charge in [0, 0.05) is 4.47 Å². The molecule has 0 aliphatic heterocycles. The summed E-state index contributed by atoms with van der Waals surface area (Å²) in [6.07, 6.45) is -4.85. The van der Waals surface area contributed by atoms with Crippen LogP contribution < -0.4 is 15.8 Å². The summed E-state index contributed by atoms with van der Waals surface area (Å²) in [5, 5.41) is 2.33. The third-order valence-corrected chi connectivity index (χ3v) is 2.94. The first-order chi connectivity index (χ1) is 9.10. The number of alkyl halides is 3. The van der Waals surface area contributed by atoms with Gasteiger partial charge in [0.25, 0.3) is 0 Å². The topological polar surface area (TPSA) is 64.4 Å². The molecule has 0 radical (unpaired) electrons. The van der Waals surface area contributed by atoms with Crippen molar-refractivity contribution in [3.05, 3.63) is 22.7 Å². The molecule has 20 heavy (non-hydrogen) atoms. The molecule has 0 bridgehead atoms. The van der Waals surface area contributed by atoms with Gasteiger partial charge in [-0.25, -0.2) is 0 Å². The number of nitrogens with one attached hydrogen (secondary N) is 1. The number of halogens is 4. The molecular formula is C12H14BrF3N2O2. The lowest BCUT2D eigenvalue weighted by molar-refractivity contribution is -0.274. The van der Waals surface area contributed by atoms with Gasteiger partial charge in [-0.05, 0) is 24.1 Å². The Balaban J connectivity index is 2.97. The summed E-state index contributed by atoms with van der Waals surface area (Å²) in [5.41, 5.74) is 5.54. The van der Waals surface area contributed by atoms with Crippen molar-refractivity contribution >= 4 is 27.5 Å². The average Bonchev–Trinajstić information content (AvgIpc) is 2.29. The van der Waals surface area contributed by atoms with Crippen LogP contribution in [0.2, 0.25) is 0 Å². The highest BCUT2D eigenvalue weighted by atomic mass is 79.9. The van der Waals surface area contributed by atoms with E-state index in [4.69, 9.17) is 5.73 Å². The fraction of sp³-hybridized carbons (Fsp3) is 0.417. The van der Waals surface area contributed by atoms with E-state index >= 15 is 0 Å². The highest BCUT2D eigenvalue weighted by Gasteiger charge is 2.32. The minimum Gasteiger partial charge on any atom is -0.404 e. The number of carbonyl (C=O) groups excluding carboxylic acids is 1. The number of nitrogens with two attached hydrogens (primary N) is 1. The highest BCUT2D eigenvalue weighted by Crippen LogP contribution is 2.33. The molecule has 0 aromatic heterocycles.